The van der Waals surface area contributed by atoms with Gasteiger partial charge in [-0.15, -0.1) is 10.2 Å². The molecule has 0 N–H and O–H groups in total. The van der Waals surface area contributed by atoms with Crippen LogP contribution in [0, 0.1) is 12.8 Å². The molecule has 0 aliphatic rings. The summed E-state index contributed by atoms with van der Waals surface area (Å²) in [5, 5.41) is 8.80. The van der Waals surface area contributed by atoms with E-state index in [1.807, 2.05) is 20.8 Å². The van der Waals surface area contributed by atoms with Crippen molar-refractivity contribution in [3.63, 3.8) is 0 Å². The first-order valence-electron chi connectivity index (χ1n) is 4.59. The van der Waals surface area contributed by atoms with E-state index in [-0.39, 0.29) is 5.92 Å². The van der Waals surface area contributed by atoms with Gasteiger partial charge in [0.1, 0.15) is 10.8 Å². The zero-order valence-electron chi connectivity index (χ0n) is 8.61. The first-order chi connectivity index (χ1) is 6.63. The summed E-state index contributed by atoms with van der Waals surface area (Å²) in [7, 11) is 0. The topological polar surface area (TPSA) is 42.9 Å². The van der Waals surface area contributed by atoms with Gasteiger partial charge in [0.15, 0.2) is 4.34 Å². The predicted molar refractivity (Wildman–Crippen MR) is 59.8 cm³/mol. The van der Waals surface area contributed by atoms with Crippen molar-refractivity contribution in [3.8, 4) is 0 Å². The minimum absolute atomic E-state index is 0.163. The highest BCUT2D eigenvalue weighted by Crippen LogP contribution is 2.22. The molecule has 14 heavy (non-hydrogen) atoms. The Morgan fingerprint density at radius 3 is 2.79 bits per heavy atom. The molecule has 0 fully saturated rings. The number of thioether (sulfide) groups is 1. The number of nitrogens with zero attached hydrogens (tertiary/aromatic N) is 2. The van der Waals surface area contributed by atoms with Crippen LogP contribution in [0.4, 0.5) is 0 Å². The molecule has 0 saturated heterocycles. The van der Waals surface area contributed by atoms with Crippen LogP contribution >= 0.6 is 23.1 Å². The molecule has 1 aromatic heterocycles. The van der Waals surface area contributed by atoms with Crippen LogP contribution in [0.25, 0.3) is 0 Å². The van der Waals surface area contributed by atoms with Crippen molar-refractivity contribution in [2.45, 2.75) is 31.5 Å². The fourth-order valence-electron chi connectivity index (χ4n) is 0.840. The minimum Gasteiger partial charge on any atom is -0.298 e. The summed E-state index contributed by atoms with van der Waals surface area (Å²) in [6, 6.07) is 0. The maximum atomic E-state index is 11.5. The van der Waals surface area contributed by atoms with Gasteiger partial charge in [-0.05, 0) is 13.3 Å². The van der Waals surface area contributed by atoms with Crippen molar-refractivity contribution in [2.75, 3.05) is 5.75 Å². The second-order valence-corrected chi connectivity index (χ2v) is 5.56. The summed E-state index contributed by atoms with van der Waals surface area (Å²) in [4.78, 5) is 11.5. The molecule has 1 unspecified atom stereocenters. The first kappa shape index (κ1) is 11.7. The van der Waals surface area contributed by atoms with E-state index in [0.717, 1.165) is 15.8 Å². The van der Waals surface area contributed by atoms with E-state index in [1.54, 1.807) is 0 Å². The molecular formula is C9H14N2OS2. The number of hydrogen-bond acceptors (Lipinski definition) is 5. The highest BCUT2D eigenvalue weighted by molar-refractivity contribution is 8.01. The van der Waals surface area contributed by atoms with E-state index in [1.165, 1.54) is 23.1 Å². The summed E-state index contributed by atoms with van der Waals surface area (Å²) in [5.74, 6) is 0.978. The molecule has 0 bridgehead atoms. The lowest BCUT2D eigenvalue weighted by Gasteiger charge is -2.04. The number of aryl methyl sites for hydroxylation is 1. The lowest BCUT2D eigenvalue weighted by Crippen LogP contribution is -2.11. The Labute approximate surface area is 92.3 Å². The van der Waals surface area contributed by atoms with E-state index < -0.39 is 0 Å². The average Bonchev–Trinajstić information content (AvgIpc) is 2.59. The molecule has 1 aromatic rings. The first-order valence-corrected chi connectivity index (χ1v) is 6.39. The van der Waals surface area contributed by atoms with Gasteiger partial charge in [0.25, 0.3) is 0 Å². The molecular weight excluding hydrogens is 216 g/mol. The second kappa shape index (κ2) is 5.46. The van der Waals surface area contributed by atoms with Crippen molar-refractivity contribution in [3.05, 3.63) is 5.01 Å². The van der Waals surface area contributed by atoms with Crippen molar-refractivity contribution in [1.29, 1.82) is 0 Å². The summed E-state index contributed by atoms with van der Waals surface area (Å²) in [6.07, 6.45) is 0.911. The molecule has 5 heteroatoms. The fraction of sp³-hybridized carbons (Fsp3) is 0.667. The van der Waals surface area contributed by atoms with Crippen LogP contribution in [-0.2, 0) is 4.79 Å². The number of rotatable bonds is 5. The Morgan fingerprint density at radius 2 is 2.29 bits per heavy atom. The Kier molecular flexibility index (Phi) is 4.54. The van der Waals surface area contributed by atoms with Gasteiger partial charge >= 0.3 is 0 Å². The van der Waals surface area contributed by atoms with Crippen LogP contribution in [0.2, 0.25) is 0 Å². The molecule has 1 heterocycles. The maximum absolute atomic E-state index is 11.5. The summed E-state index contributed by atoms with van der Waals surface area (Å²) in [6.45, 7) is 5.91. The third-order valence-electron chi connectivity index (χ3n) is 2.01. The van der Waals surface area contributed by atoms with Gasteiger partial charge < -0.3 is 0 Å². The number of carbonyl (C=O) groups is 1. The molecule has 0 radical (unpaired) electrons. The van der Waals surface area contributed by atoms with Crippen LogP contribution in [0.1, 0.15) is 25.3 Å². The Balaban J connectivity index is 2.37. The molecule has 0 saturated carbocycles. The van der Waals surface area contributed by atoms with Gasteiger partial charge in [-0.1, -0.05) is 36.9 Å². The number of aromatic nitrogens is 2. The van der Waals surface area contributed by atoms with Crippen molar-refractivity contribution in [1.82, 2.24) is 10.2 Å². The van der Waals surface area contributed by atoms with E-state index in [2.05, 4.69) is 10.2 Å². The number of ketones is 1. The number of hydrogen-bond donors (Lipinski definition) is 0. The van der Waals surface area contributed by atoms with Gasteiger partial charge in [-0.25, -0.2) is 0 Å². The van der Waals surface area contributed by atoms with Crippen LogP contribution in [0.15, 0.2) is 4.34 Å². The largest absolute Gasteiger partial charge is 0.298 e. The highest BCUT2D eigenvalue weighted by Gasteiger charge is 2.12. The predicted octanol–water partition coefficient (Wildman–Crippen LogP) is 2.55. The lowest BCUT2D eigenvalue weighted by molar-refractivity contribution is -0.119. The Morgan fingerprint density at radius 1 is 1.57 bits per heavy atom. The minimum atomic E-state index is 0.163. The molecule has 0 aliphatic heterocycles. The van der Waals surface area contributed by atoms with Crippen molar-refractivity contribution in [2.24, 2.45) is 5.92 Å². The lowest BCUT2D eigenvalue weighted by atomic mass is 10.1. The molecule has 1 rings (SSSR count). The highest BCUT2D eigenvalue weighted by atomic mass is 32.2. The summed E-state index contributed by atoms with van der Waals surface area (Å²) >= 11 is 3.03. The second-order valence-electron chi connectivity index (χ2n) is 3.15. The number of carbonyl (C=O) groups excluding carboxylic acids is 1. The van der Waals surface area contributed by atoms with E-state index >= 15 is 0 Å². The van der Waals surface area contributed by atoms with E-state index in [0.29, 0.717) is 11.5 Å². The zero-order chi connectivity index (χ0) is 10.6. The van der Waals surface area contributed by atoms with Gasteiger partial charge in [0.05, 0.1) is 5.75 Å². The molecule has 78 valence electrons. The van der Waals surface area contributed by atoms with Crippen LogP contribution in [0.3, 0.4) is 0 Å². The molecule has 0 spiro atoms. The molecule has 1 atom stereocenters. The van der Waals surface area contributed by atoms with Gasteiger partial charge in [0.2, 0.25) is 0 Å². The van der Waals surface area contributed by atoms with Crippen molar-refractivity contribution >= 4 is 28.9 Å². The summed E-state index contributed by atoms with van der Waals surface area (Å²) in [5.41, 5.74) is 0. The third-order valence-corrected chi connectivity index (χ3v) is 4.00. The normalized spacial score (nSPS) is 12.8. The standard InChI is InChI=1S/C9H14N2OS2/c1-4-6(2)8(12)5-13-9-11-10-7(3)14-9/h6H,4-5H2,1-3H3. The zero-order valence-corrected chi connectivity index (χ0v) is 10.2. The average molecular weight is 230 g/mol. The molecule has 0 aliphatic carbocycles. The molecule has 0 amide bonds. The van der Waals surface area contributed by atoms with Crippen molar-refractivity contribution < 1.29 is 4.79 Å². The third kappa shape index (κ3) is 3.38. The van der Waals surface area contributed by atoms with Crippen LogP contribution in [-0.4, -0.2) is 21.7 Å². The Bertz CT molecular complexity index is 312. The smallest absolute Gasteiger partial charge is 0.174 e. The maximum Gasteiger partial charge on any atom is 0.174 e. The van der Waals surface area contributed by atoms with Crippen LogP contribution in [0.5, 0.6) is 0 Å². The quantitative estimate of drug-likeness (QED) is 0.729. The van der Waals surface area contributed by atoms with E-state index in [4.69, 9.17) is 0 Å². The summed E-state index contributed by atoms with van der Waals surface area (Å²) < 4.78 is 0.888. The molecule has 3 nitrogen and oxygen atoms in total. The Hall–Kier alpha value is -0.420. The fourth-order valence-corrected chi connectivity index (χ4v) is 2.68. The van der Waals surface area contributed by atoms with E-state index in [9.17, 15) is 4.79 Å². The monoisotopic (exact) mass is 230 g/mol. The SMILES string of the molecule is CCC(C)C(=O)CSc1nnc(C)s1. The van der Waals surface area contributed by atoms with Crippen LogP contribution < -0.4 is 0 Å². The van der Waals surface area contributed by atoms with Gasteiger partial charge in [0, 0.05) is 5.92 Å². The van der Waals surface area contributed by atoms with Gasteiger partial charge in [-0.3, -0.25) is 4.79 Å². The van der Waals surface area contributed by atoms with Gasteiger partial charge in [-0.2, -0.15) is 0 Å². The molecule has 0 aromatic carbocycles. The number of Topliss-reactive ketones (excluding diaryl/α,β-unsaturated/α-hetero) is 1.